The fourth-order valence-electron chi connectivity index (χ4n) is 3.57. The first-order chi connectivity index (χ1) is 16.0. The maximum absolute atomic E-state index is 13.1. The fraction of sp³-hybridized carbons (Fsp3) is 0.348. The Hall–Kier alpha value is -2.75. The predicted octanol–water partition coefficient (Wildman–Crippen LogP) is 4.17. The molecular formula is C23H26ClFN6OS. The molecule has 1 fully saturated rings. The number of carbonyl (C=O) groups excluding carboxylic acids is 1. The molecule has 0 saturated carbocycles. The molecule has 0 aliphatic carbocycles. The Kier molecular flexibility index (Phi) is 7.74. The second kappa shape index (κ2) is 10.9. The number of carbonyl (C=O) groups is 1. The van der Waals surface area contributed by atoms with E-state index in [-0.39, 0.29) is 11.8 Å². The molecule has 1 aliphatic rings. The lowest BCUT2D eigenvalue weighted by atomic mass is 10.1. The van der Waals surface area contributed by atoms with E-state index in [1.165, 1.54) is 23.7 Å². The molecular weight excluding hydrogens is 463 g/mol. The molecule has 0 spiro atoms. The average molecular weight is 489 g/mol. The van der Waals surface area contributed by atoms with Crippen LogP contribution in [0.15, 0.2) is 42.5 Å². The Morgan fingerprint density at radius 1 is 1.15 bits per heavy atom. The summed E-state index contributed by atoms with van der Waals surface area (Å²) >= 11 is 7.50. The van der Waals surface area contributed by atoms with Crippen molar-refractivity contribution in [3.8, 4) is 0 Å². The smallest absolute Gasteiger partial charge is 0.319 e. The number of anilines is 2. The quantitative estimate of drug-likeness (QED) is 0.522. The molecule has 0 atom stereocenters. The van der Waals surface area contributed by atoms with Crippen LogP contribution < -0.4 is 15.5 Å². The number of hydrogen-bond donors (Lipinski definition) is 2. The summed E-state index contributed by atoms with van der Waals surface area (Å²) in [6.07, 6.45) is 0.597. The van der Waals surface area contributed by atoms with E-state index in [4.69, 9.17) is 11.6 Å². The summed E-state index contributed by atoms with van der Waals surface area (Å²) in [4.78, 5) is 21.3. The van der Waals surface area contributed by atoms with Gasteiger partial charge in [-0.25, -0.2) is 14.2 Å². The van der Waals surface area contributed by atoms with Gasteiger partial charge in [0.05, 0.1) is 0 Å². The monoisotopic (exact) mass is 488 g/mol. The van der Waals surface area contributed by atoms with E-state index in [0.717, 1.165) is 54.8 Å². The number of aromatic nitrogens is 2. The van der Waals surface area contributed by atoms with Crippen LogP contribution in [0, 0.1) is 12.7 Å². The van der Waals surface area contributed by atoms with Crippen molar-refractivity contribution >= 4 is 40.0 Å². The Morgan fingerprint density at radius 3 is 2.64 bits per heavy atom. The minimum atomic E-state index is -0.240. The summed E-state index contributed by atoms with van der Waals surface area (Å²) in [5, 5.41) is 7.24. The minimum Gasteiger partial charge on any atom is -0.344 e. The lowest BCUT2D eigenvalue weighted by Crippen LogP contribution is -2.48. The van der Waals surface area contributed by atoms with Gasteiger partial charge in [0.1, 0.15) is 11.6 Å². The molecule has 2 N–H and O–H groups in total. The molecule has 2 heterocycles. The van der Waals surface area contributed by atoms with Gasteiger partial charge in [0, 0.05) is 67.9 Å². The average Bonchev–Trinajstić information content (AvgIpc) is 3.27. The number of rotatable bonds is 7. The number of nitrogens with zero attached hydrogens (tertiary/aromatic N) is 4. The van der Waals surface area contributed by atoms with E-state index in [2.05, 4.69) is 29.8 Å². The van der Waals surface area contributed by atoms with Crippen molar-refractivity contribution in [1.82, 2.24) is 19.6 Å². The second-order valence-corrected chi connectivity index (χ2v) is 9.11. The van der Waals surface area contributed by atoms with Crippen molar-refractivity contribution in [2.24, 2.45) is 0 Å². The number of piperazine rings is 1. The van der Waals surface area contributed by atoms with Gasteiger partial charge in [-0.05, 0) is 42.3 Å². The molecule has 0 radical (unpaired) electrons. The van der Waals surface area contributed by atoms with Crippen LogP contribution in [0.25, 0.3) is 0 Å². The summed E-state index contributed by atoms with van der Waals surface area (Å²) in [5.74, 6) is 0.518. The van der Waals surface area contributed by atoms with Crippen LogP contribution in [0.3, 0.4) is 0 Å². The highest BCUT2D eigenvalue weighted by Crippen LogP contribution is 2.21. The van der Waals surface area contributed by atoms with Gasteiger partial charge in [0.25, 0.3) is 0 Å². The van der Waals surface area contributed by atoms with Gasteiger partial charge < -0.3 is 15.5 Å². The number of nitrogens with one attached hydrogen (secondary N) is 2. The van der Waals surface area contributed by atoms with Crippen molar-refractivity contribution < 1.29 is 9.18 Å². The van der Waals surface area contributed by atoms with Crippen LogP contribution in [0.2, 0.25) is 5.02 Å². The normalized spacial score (nSPS) is 14.3. The van der Waals surface area contributed by atoms with E-state index >= 15 is 0 Å². The minimum absolute atomic E-state index is 0.240. The summed E-state index contributed by atoms with van der Waals surface area (Å²) in [6, 6.07) is 11.7. The zero-order valence-electron chi connectivity index (χ0n) is 18.4. The molecule has 2 aromatic carbocycles. The fourth-order valence-corrected chi connectivity index (χ4v) is 4.48. The lowest BCUT2D eigenvalue weighted by Gasteiger charge is -2.34. The molecule has 1 saturated heterocycles. The number of amides is 2. The van der Waals surface area contributed by atoms with E-state index in [9.17, 15) is 9.18 Å². The largest absolute Gasteiger partial charge is 0.344 e. The molecule has 3 aromatic rings. The Bertz CT molecular complexity index is 1080. The van der Waals surface area contributed by atoms with Gasteiger partial charge >= 0.3 is 6.03 Å². The van der Waals surface area contributed by atoms with Crippen molar-refractivity contribution in [2.75, 3.05) is 49.5 Å². The van der Waals surface area contributed by atoms with Gasteiger partial charge in [-0.1, -0.05) is 29.8 Å². The highest BCUT2D eigenvalue weighted by Gasteiger charge is 2.20. The molecule has 10 heteroatoms. The summed E-state index contributed by atoms with van der Waals surface area (Å²) < 4.78 is 17.5. The third-order valence-electron chi connectivity index (χ3n) is 5.52. The van der Waals surface area contributed by atoms with Gasteiger partial charge in [0.2, 0.25) is 5.13 Å². The Morgan fingerprint density at radius 2 is 1.91 bits per heavy atom. The molecule has 2 amide bonds. The molecule has 7 nitrogen and oxygen atoms in total. The van der Waals surface area contributed by atoms with Crippen LogP contribution in [0.4, 0.5) is 20.0 Å². The number of hydrogen-bond acceptors (Lipinski definition) is 6. The number of aryl methyl sites for hydroxylation is 1. The highest BCUT2D eigenvalue weighted by atomic mass is 35.5. The van der Waals surface area contributed by atoms with Crippen LogP contribution in [-0.2, 0) is 6.42 Å². The number of halogens is 2. The maximum atomic E-state index is 13.1. The molecule has 174 valence electrons. The molecule has 33 heavy (non-hydrogen) atoms. The maximum Gasteiger partial charge on any atom is 0.319 e. The Labute approximate surface area is 201 Å². The topological polar surface area (TPSA) is 73.4 Å². The van der Waals surface area contributed by atoms with E-state index in [0.29, 0.717) is 23.7 Å². The number of benzene rings is 2. The van der Waals surface area contributed by atoms with Gasteiger partial charge in [0.15, 0.2) is 0 Å². The molecule has 4 rings (SSSR count). The van der Waals surface area contributed by atoms with Crippen molar-refractivity contribution in [2.45, 2.75) is 13.3 Å². The van der Waals surface area contributed by atoms with Crippen molar-refractivity contribution in [1.29, 1.82) is 0 Å². The summed E-state index contributed by atoms with van der Waals surface area (Å²) in [6.45, 7) is 6.77. The van der Waals surface area contributed by atoms with Crippen LogP contribution in [0.1, 0.15) is 17.0 Å². The Balaban J connectivity index is 1.17. The zero-order valence-corrected chi connectivity index (χ0v) is 19.9. The van der Waals surface area contributed by atoms with Crippen LogP contribution >= 0.6 is 23.1 Å². The molecule has 0 bridgehead atoms. The first-order valence-electron chi connectivity index (χ1n) is 10.8. The van der Waals surface area contributed by atoms with E-state index in [1.54, 1.807) is 18.2 Å². The summed E-state index contributed by atoms with van der Waals surface area (Å²) in [7, 11) is 0. The first kappa shape index (κ1) is 23.4. The molecule has 1 aromatic heterocycles. The first-order valence-corrected chi connectivity index (χ1v) is 12.0. The summed E-state index contributed by atoms with van der Waals surface area (Å²) in [5.41, 5.74) is 2.64. The molecule has 1 aliphatic heterocycles. The van der Waals surface area contributed by atoms with Crippen molar-refractivity contribution in [3.05, 3.63) is 70.3 Å². The SMILES string of the molecule is Cc1ccc(NC(=O)NCCN2CCN(c3nc(Cc4ccc(F)cc4)ns3)CC2)cc1Cl. The van der Waals surface area contributed by atoms with Crippen molar-refractivity contribution in [3.63, 3.8) is 0 Å². The van der Waals surface area contributed by atoms with Crippen LogP contribution in [-0.4, -0.2) is 59.6 Å². The third kappa shape index (κ3) is 6.63. The van der Waals surface area contributed by atoms with E-state index in [1.807, 2.05) is 19.1 Å². The standard InChI is InChI=1S/C23H26ClFN6OS/c1-16-2-7-19(15-20(16)24)27-22(32)26-8-9-30-10-12-31(13-11-30)23-28-21(29-33-23)14-17-3-5-18(25)6-4-17/h2-7,15H,8-14H2,1H3,(H2,26,27,32). The second-order valence-electron chi connectivity index (χ2n) is 7.97. The molecule has 0 unspecified atom stereocenters. The van der Waals surface area contributed by atoms with Gasteiger partial charge in [-0.15, -0.1) is 0 Å². The number of urea groups is 1. The lowest BCUT2D eigenvalue weighted by molar-refractivity contribution is 0.240. The third-order valence-corrected chi connectivity index (χ3v) is 6.74. The van der Waals surface area contributed by atoms with Crippen LogP contribution in [0.5, 0.6) is 0 Å². The van der Waals surface area contributed by atoms with Gasteiger partial charge in [-0.2, -0.15) is 4.37 Å². The van der Waals surface area contributed by atoms with E-state index < -0.39 is 0 Å². The van der Waals surface area contributed by atoms with Gasteiger partial charge in [-0.3, -0.25) is 4.90 Å². The predicted molar refractivity (Wildman–Crippen MR) is 131 cm³/mol. The highest BCUT2D eigenvalue weighted by molar-refractivity contribution is 7.09. The zero-order chi connectivity index (χ0) is 23.2.